The summed E-state index contributed by atoms with van der Waals surface area (Å²) in [7, 11) is 0. The van der Waals surface area contributed by atoms with Crippen LogP contribution < -0.4 is 11.1 Å². The van der Waals surface area contributed by atoms with E-state index in [0.717, 1.165) is 18.7 Å². The van der Waals surface area contributed by atoms with Crippen LogP contribution in [-0.4, -0.2) is 21.8 Å². The minimum atomic E-state index is -0.502. The lowest BCUT2D eigenvalue weighted by atomic mass is 10.2. The zero-order valence-corrected chi connectivity index (χ0v) is 12.2. The molecule has 0 aliphatic heterocycles. The third kappa shape index (κ3) is 2.95. The molecule has 0 radical (unpaired) electrons. The Morgan fingerprint density at radius 1 is 1.23 bits per heavy atom. The number of aryl methyl sites for hydroxylation is 1. The Balaban J connectivity index is 1.74. The third-order valence-electron chi connectivity index (χ3n) is 3.61. The van der Waals surface area contributed by atoms with Crippen molar-refractivity contribution in [3.8, 4) is 0 Å². The summed E-state index contributed by atoms with van der Waals surface area (Å²) in [6, 6.07) is 6.40. The van der Waals surface area contributed by atoms with Crippen LogP contribution in [0, 0.1) is 6.92 Å². The fraction of sp³-hybridized carbons (Fsp3) is 0.250. The van der Waals surface area contributed by atoms with Gasteiger partial charge in [0.1, 0.15) is 5.82 Å². The summed E-state index contributed by atoms with van der Waals surface area (Å²) in [6.45, 7) is 1.80. The first kappa shape index (κ1) is 14.2. The van der Waals surface area contributed by atoms with Gasteiger partial charge in [-0.15, -0.1) is 0 Å². The maximum Gasteiger partial charge on any atom is 0.259 e. The number of benzene rings is 1. The Labute approximate surface area is 127 Å². The van der Waals surface area contributed by atoms with Crippen molar-refractivity contribution < 1.29 is 9.59 Å². The summed E-state index contributed by atoms with van der Waals surface area (Å²) in [5, 5.41) is 2.76. The quantitative estimate of drug-likeness (QED) is 0.901. The molecule has 2 aromatic rings. The number of anilines is 1. The number of carbonyl (C=O) groups excluding carboxylic acids is 2. The maximum atomic E-state index is 12.3. The van der Waals surface area contributed by atoms with E-state index in [0.29, 0.717) is 28.4 Å². The minimum Gasteiger partial charge on any atom is -0.366 e. The van der Waals surface area contributed by atoms with E-state index in [1.54, 1.807) is 37.4 Å². The highest BCUT2D eigenvalue weighted by atomic mass is 16.2. The molecule has 0 atom stereocenters. The van der Waals surface area contributed by atoms with Gasteiger partial charge in [-0.2, -0.15) is 0 Å². The summed E-state index contributed by atoms with van der Waals surface area (Å²) in [6.07, 6.45) is 3.82. The summed E-state index contributed by atoms with van der Waals surface area (Å²) in [5.41, 5.74) is 7.27. The smallest absolute Gasteiger partial charge is 0.259 e. The van der Waals surface area contributed by atoms with Crippen LogP contribution in [0.5, 0.6) is 0 Å². The van der Waals surface area contributed by atoms with Crippen LogP contribution in [-0.2, 0) is 0 Å². The van der Waals surface area contributed by atoms with Gasteiger partial charge in [0.25, 0.3) is 5.91 Å². The molecule has 0 spiro atoms. The van der Waals surface area contributed by atoms with Crippen LogP contribution in [0.3, 0.4) is 0 Å². The number of hydrogen-bond donors (Lipinski definition) is 2. The Morgan fingerprint density at radius 3 is 2.45 bits per heavy atom. The average molecular weight is 296 g/mol. The number of primary amides is 1. The molecule has 1 aromatic heterocycles. The summed E-state index contributed by atoms with van der Waals surface area (Å²) < 4.78 is 0. The fourth-order valence-corrected chi connectivity index (χ4v) is 2.16. The van der Waals surface area contributed by atoms with Gasteiger partial charge in [0, 0.05) is 23.4 Å². The molecule has 2 amide bonds. The van der Waals surface area contributed by atoms with Gasteiger partial charge in [0.15, 0.2) is 0 Å². The molecular weight excluding hydrogens is 280 g/mol. The largest absolute Gasteiger partial charge is 0.366 e. The van der Waals surface area contributed by atoms with Crippen LogP contribution in [0.1, 0.15) is 51.0 Å². The van der Waals surface area contributed by atoms with Gasteiger partial charge in [-0.05, 0) is 44.0 Å². The van der Waals surface area contributed by atoms with Crippen molar-refractivity contribution >= 4 is 17.5 Å². The van der Waals surface area contributed by atoms with E-state index in [9.17, 15) is 9.59 Å². The standard InChI is InChI=1S/C16H16N4O2/c1-9-13(8-18-15(19-9)11-2-3-11)16(22)20-12-6-4-10(5-7-12)14(17)21/h4-8,11H,2-3H2,1H3,(H2,17,21)(H,20,22). The number of hydrogen-bond acceptors (Lipinski definition) is 4. The van der Waals surface area contributed by atoms with Crippen molar-refractivity contribution in [2.24, 2.45) is 5.73 Å². The lowest BCUT2D eigenvalue weighted by Gasteiger charge is -2.08. The summed E-state index contributed by atoms with van der Waals surface area (Å²) in [5.74, 6) is 0.501. The molecular formula is C16H16N4O2. The molecule has 1 fully saturated rings. The van der Waals surface area contributed by atoms with E-state index in [2.05, 4.69) is 15.3 Å². The Hall–Kier alpha value is -2.76. The van der Waals surface area contributed by atoms with E-state index in [4.69, 9.17) is 5.73 Å². The maximum absolute atomic E-state index is 12.3. The van der Waals surface area contributed by atoms with Crippen LogP contribution in [0.4, 0.5) is 5.69 Å². The molecule has 1 aliphatic carbocycles. The molecule has 112 valence electrons. The van der Waals surface area contributed by atoms with Gasteiger partial charge in [0.05, 0.1) is 11.3 Å². The number of rotatable bonds is 4. The van der Waals surface area contributed by atoms with E-state index in [1.807, 2.05) is 0 Å². The molecule has 0 unspecified atom stereocenters. The predicted octanol–water partition coefficient (Wildman–Crippen LogP) is 2.01. The van der Waals surface area contributed by atoms with Crippen molar-refractivity contribution in [1.29, 1.82) is 0 Å². The molecule has 22 heavy (non-hydrogen) atoms. The monoisotopic (exact) mass is 296 g/mol. The zero-order chi connectivity index (χ0) is 15.7. The minimum absolute atomic E-state index is 0.272. The molecule has 6 heteroatoms. The van der Waals surface area contributed by atoms with Crippen molar-refractivity contribution in [3.63, 3.8) is 0 Å². The first-order chi connectivity index (χ1) is 10.5. The van der Waals surface area contributed by atoms with Crippen LogP contribution >= 0.6 is 0 Å². The molecule has 3 rings (SSSR count). The number of nitrogens with zero attached hydrogens (tertiary/aromatic N) is 2. The van der Waals surface area contributed by atoms with E-state index < -0.39 is 5.91 Å². The second kappa shape index (κ2) is 5.55. The lowest BCUT2D eigenvalue weighted by molar-refractivity contribution is 0.0998. The first-order valence-electron chi connectivity index (χ1n) is 7.09. The van der Waals surface area contributed by atoms with Crippen molar-refractivity contribution in [1.82, 2.24) is 9.97 Å². The number of nitrogens with one attached hydrogen (secondary N) is 1. The lowest BCUT2D eigenvalue weighted by Crippen LogP contribution is -2.16. The number of carbonyl (C=O) groups is 2. The Bertz CT molecular complexity index is 736. The number of amides is 2. The number of aromatic nitrogens is 2. The zero-order valence-electron chi connectivity index (χ0n) is 12.2. The van der Waals surface area contributed by atoms with Crippen LogP contribution in [0.25, 0.3) is 0 Å². The highest BCUT2D eigenvalue weighted by Crippen LogP contribution is 2.37. The molecule has 1 aliphatic rings. The van der Waals surface area contributed by atoms with Gasteiger partial charge in [-0.1, -0.05) is 0 Å². The van der Waals surface area contributed by atoms with Gasteiger partial charge in [0.2, 0.25) is 5.91 Å². The fourth-order valence-electron chi connectivity index (χ4n) is 2.16. The normalized spacial score (nSPS) is 13.7. The van der Waals surface area contributed by atoms with Crippen LogP contribution in [0.2, 0.25) is 0 Å². The van der Waals surface area contributed by atoms with Gasteiger partial charge < -0.3 is 11.1 Å². The van der Waals surface area contributed by atoms with E-state index >= 15 is 0 Å². The summed E-state index contributed by atoms with van der Waals surface area (Å²) in [4.78, 5) is 31.9. The average Bonchev–Trinajstić information content (AvgIpc) is 3.32. The van der Waals surface area contributed by atoms with Gasteiger partial charge in [-0.25, -0.2) is 9.97 Å². The van der Waals surface area contributed by atoms with E-state index in [1.165, 1.54) is 0 Å². The second-order valence-electron chi connectivity index (χ2n) is 5.40. The molecule has 0 bridgehead atoms. The van der Waals surface area contributed by atoms with Crippen LogP contribution in [0.15, 0.2) is 30.5 Å². The second-order valence-corrected chi connectivity index (χ2v) is 5.40. The van der Waals surface area contributed by atoms with Crippen molar-refractivity contribution in [3.05, 3.63) is 53.1 Å². The van der Waals surface area contributed by atoms with Gasteiger partial charge in [-0.3, -0.25) is 9.59 Å². The SMILES string of the molecule is Cc1nc(C2CC2)ncc1C(=O)Nc1ccc(C(N)=O)cc1. The van der Waals surface area contributed by atoms with E-state index in [-0.39, 0.29) is 5.91 Å². The molecule has 0 saturated heterocycles. The molecule has 1 heterocycles. The Morgan fingerprint density at radius 2 is 1.91 bits per heavy atom. The Kier molecular flexibility index (Phi) is 3.58. The molecule has 6 nitrogen and oxygen atoms in total. The highest BCUT2D eigenvalue weighted by Gasteiger charge is 2.27. The topological polar surface area (TPSA) is 98.0 Å². The first-order valence-corrected chi connectivity index (χ1v) is 7.09. The highest BCUT2D eigenvalue weighted by molar-refractivity contribution is 6.05. The third-order valence-corrected chi connectivity index (χ3v) is 3.61. The molecule has 3 N–H and O–H groups in total. The van der Waals surface area contributed by atoms with Gasteiger partial charge >= 0.3 is 0 Å². The predicted molar refractivity (Wildman–Crippen MR) is 81.7 cm³/mol. The van der Waals surface area contributed by atoms with Crippen molar-refractivity contribution in [2.75, 3.05) is 5.32 Å². The van der Waals surface area contributed by atoms with Crippen molar-refractivity contribution in [2.45, 2.75) is 25.7 Å². The molecule has 1 aromatic carbocycles. The summed E-state index contributed by atoms with van der Waals surface area (Å²) >= 11 is 0. The number of nitrogens with two attached hydrogens (primary N) is 1. The molecule has 1 saturated carbocycles.